The molecule has 2 aromatic rings. The fraction of sp³-hybridized carbons (Fsp3) is 0. The summed E-state index contributed by atoms with van der Waals surface area (Å²) in [6.07, 6.45) is 0. The van der Waals surface area contributed by atoms with Crippen molar-refractivity contribution in [2.75, 3.05) is 0 Å². The van der Waals surface area contributed by atoms with E-state index in [1.54, 1.807) is 0 Å². The standard InChI is InChI=1S/2C4Cl3S.Hg/c2*5-2-1-8-4(7)3(2)6;. The van der Waals surface area contributed by atoms with E-state index in [4.69, 9.17) is 69.6 Å². The zero-order valence-electron chi connectivity index (χ0n) is 7.79. The van der Waals surface area contributed by atoms with Crippen molar-refractivity contribution in [3.8, 4) is 0 Å². The van der Waals surface area contributed by atoms with Crippen LogP contribution in [0, 0.1) is 0 Å². The number of halogens is 6. The summed E-state index contributed by atoms with van der Waals surface area (Å²) in [6, 6.07) is 0. The third-order valence-electron chi connectivity index (χ3n) is 1.97. The molecule has 0 N–H and O–H groups in total. The summed E-state index contributed by atoms with van der Waals surface area (Å²) in [5, 5.41) is 1.97. The monoisotopic (exact) mass is 572 g/mol. The van der Waals surface area contributed by atoms with E-state index in [2.05, 4.69) is 0 Å². The quantitative estimate of drug-likeness (QED) is 0.401. The Morgan fingerprint density at radius 3 is 1.18 bits per heavy atom. The Balaban J connectivity index is 2.38. The summed E-state index contributed by atoms with van der Waals surface area (Å²) in [5.41, 5.74) is 0. The first-order valence-corrected chi connectivity index (χ1v) is 13.6. The van der Waals surface area contributed by atoms with E-state index in [0.717, 1.165) is 4.77 Å². The molecule has 9 heteroatoms. The Kier molecular flexibility index (Phi) is 5.67. The molecular weight excluding hydrogens is 574 g/mol. The maximum absolute atomic E-state index is 6.11. The molecule has 0 nitrogen and oxygen atoms in total. The van der Waals surface area contributed by atoms with Crippen molar-refractivity contribution in [2.45, 2.75) is 0 Å². The predicted molar refractivity (Wildman–Crippen MR) is 78.0 cm³/mol. The molecule has 2 heterocycles. The molecule has 2 rings (SSSR count). The summed E-state index contributed by atoms with van der Waals surface area (Å²) in [6.45, 7) is 0. The van der Waals surface area contributed by atoms with E-state index in [9.17, 15) is 0 Å². The fourth-order valence-electron chi connectivity index (χ4n) is 1.19. The molecule has 0 aliphatic rings. The summed E-state index contributed by atoms with van der Waals surface area (Å²) in [4.78, 5) is 0. The minimum atomic E-state index is -1.68. The SMILES string of the molecule is Clc1s[c]([Hg][c]2sc(Cl)c(Cl)c2Cl)c(Cl)c1Cl. The van der Waals surface area contributed by atoms with Crippen LogP contribution in [-0.4, -0.2) is 0 Å². The molecule has 0 aromatic carbocycles. The van der Waals surface area contributed by atoms with Gasteiger partial charge in [0.1, 0.15) is 0 Å². The first-order valence-electron chi connectivity index (χ1n) is 4.16. The van der Waals surface area contributed by atoms with E-state index in [1.807, 2.05) is 0 Å². The van der Waals surface area contributed by atoms with Gasteiger partial charge in [0, 0.05) is 0 Å². The second-order valence-corrected chi connectivity index (χ2v) is 18.8. The van der Waals surface area contributed by atoms with Crippen LogP contribution in [0.4, 0.5) is 0 Å². The molecule has 0 atom stereocenters. The van der Waals surface area contributed by atoms with E-state index < -0.39 is 24.6 Å². The Morgan fingerprint density at radius 1 is 0.588 bits per heavy atom. The molecule has 0 bridgehead atoms. The second kappa shape index (κ2) is 6.23. The van der Waals surface area contributed by atoms with Gasteiger partial charge in [0.25, 0.3) is 0 Å². The Morgan fingerprint density at radius 2 is 0.941 bits per heavy atom. The normalized spacial score (nSPS) is 10.7. The van der Waals surface area contributed by atoms with Crippen LogP contribution in [0.2, 0.25) is 28.8 Å². The molecule has 0 aliphatic heterocycles. The molecule has 0 amide bonds. The third-order valence-corrected chi connectivity index (χ3v) is 19.8. The van der Waals surface area contributed by atoms with Gasteiger partial charge in [0.2, 0.25) is 0 Å². The third kappa shape index (κ3) is 3.22. The van der Waals surface area contributed by atoms with Crippen LogP contribution in [0.1, 0.15) is 0 Å². The van der Waals surface area contributed by atoms with Crippen LogP contribution in [0.5, 0.6) is 0 Å². The topological polar surface area (TPSA) is 0 Å². The average Bonchev–Trinajstić information content (AvgIpc) is 2.66. The number of rotatable bonds is 2. The molecule has 0 fully saturated rings. The Bertz CT molecular complexity index is 525. The average molecular weight is 574 g/mol. The molecule has 0 spiro atoms. The van der Waals surface area contributed by atoms with Crippen LogP contribution in [0.3, 0.4) is 0 Å². The number of thiophene rings is 2. The van der Waals surface area contributed by atoms with E-state index in [0.29, 0.717) is 28.8 Å². The minimum absolute atomic E-state index is 0.429. The first-order chi connectivity index (χ1) is 7.91. The Labute approximate surface area is 148 Å². The molecular formula is C8Cl6HgS2. The summed E-state index contributed by atoms with van der Waals surface area (Å²) >= 11 is 37.1. The molecule has 88 valence electrons. The van der Waals surface area contributed by atoms with E-state index in [1.165, 1.54) is 22.7 Å². The Hall–Kier alpha value is 2.08. The molecule has 0 radical (unpaired) electrons. The van der Waals surface area contributed by atoms with Crippen molar-refractivity contribution in [3.63, 3.8) is 0 Å². The maximum atomic E-state index is 6.11. The molecule has 0 unspecified atom stereocenters. The van der Waals surface area contributed by atoms with Gasteiger partial charge < -0.3 is 0 Å². The summed E-state index contributed by atoms with van der Waals surface area (Å²) < 4.78 is 3.18. The van der Waals surface area contributed by atoms with Crippen molar-refractivity contribution in [2.24, 2.45) is 0 Å². The van der Waals surface area contributed by atoms with Crippen molar-refractivity contribution < 1.29 is 24.6 Å². The van der Waals surface area contributed by atoms with Crippen LogP contribution in [0.15, 0.2) is 0 Å². The summed E-state index contributed by atoms with van der Waals surface area (Å²) in [5.74, 6) is 0. The predicted octanol–water partition coefficient (Wildman–Crippen LogP) is 5.76. The van der Waals surface area contributed by atoms with Crippen molar-refractivity contribution in [3.05, 3.63) is 28.8 Å². The van der Waals surface area contributed by atoms with Gasteiger partial charge in [-0.2, -0.15) is 0 Å². The molecule has 0 saturated carbocycles. The van der Waals surface area contributed by atoms with Crippen LogP contribution in [-0.2, 0) is 24.6 Å². The zero-order valence-corrected chi connectivity index (χ0v) is 19.5. The first kappa shape index (κ1) is 15.5. The van der Waals surface area contributed by atoms with Gasteiger partial charge in [-0.3, -0.25) is 0 Å². The number of hydrogen-bond donors (Lipinski definition) is 0. The van der Waals surface area contributed by atoms with Crippen molar-refractivity contribution in [1.82, 2.24) is 0 Å². The van der Waals surface area contributed by atoms with Gasteiger partial charge >= 0.3 is 150 Å². The summed E-state index contributed by atoms with van der Waals surface area (Å²) in [7, 11) is 0. The number of hydrogen-bond acceptors (Lipinski definition) is 2. The van der Waals surface area contributed by atoms with Crippen LogP contribution in [0.25, 0.3) is 0 Å². The van der Waals surface area contributed by atoms with Gasteiger partial charge in [-0.25, -0.2) is 0 Å². The fourth-order valence-corrected chi connectivity index (χ4v) is 20.8. The van der Waals surface area contributed by atoms with Crippen LogP contribution >= 0.6 is 92.3 Å². The second-order valence-electron chi connectivity index (χ2n) is 3.03. The van der Waals surface area contributed by atoms with Gasteiger partial charge in [-0.15, -0.1) is 0 Å². The molecule has 0 saturated heterocycles. The van der Waals surface area contributed by atoms with Gasteiger partial charge in [0.05, 0.1) is 0 Å². The van der Waals surface area contributed by atoms with Crippen molar-refractivity contribution >= 4 is 97.1 Å². The van der Waals surface area contributed by atoms with Gasteiger partial charge in [0.15, 0.2) is 0 Å². The van der Waals surface area contributed by atoms with E-state index >= 15 is 0 Å². The molecule has 0 aliphatic carbocycles. The molecule has 17 heavy (non-hydrogen) atoms. The molecule has 2 aromatic heterocycles. The van der Waals surface area contributed by atoms with Crippen LogP contribution < -0.4 is 4.77 Å². The van der Waals surface area contributed by atoms with Gasteiger partial charge in [-0.05, 0) is 0 Å². The van der Waals surface area contributed by atoms with Crippen molar-refractivity contribution in [1.29, 1.82) is 0 Å². The van der Waals surface area contributed by atoms with Gasteiger partial charge in [-0.1, -0.05) is 0 Å². The van der Waals surface area contributed by atoms with E-state index in [-0.39, 0.29) is 0 Å². The zero-order chi connectivity index (χ0) is 12.7.